The van der Waals surface area contributed by atoms with Crippen molar-refractivity contribution in [1.82, 2.24) is 29.9 Å². The van der Waals surface area contributed by atoms with Crippen LogP contribution in [-0.4, -0.2) is 29.9 Å². The summed E-state index contributed by atoms with van der Waals surface area (Å²) in [4.78, 5) is 28.3. The van der Waals surface area contributed by atoms with Gasteiger partial charge < -0.3 is 4.74 Å². The molecule has 0 saturated carbocycles. The first kappa shape index (κ1) is 21.5. The van der Waals surface area contributed by atoms with Gasteiger partial charge in [0.1, 0.15) is 11.8 Å². The lowest BCUT2D eigenvalue weighted by molar-refractivity contribution is -0.142. The number of hydrogen-bond donors (Lipinski definition) is 2. The molecule has 10 nitrogen and oxygen atoms in total. The van der Waals surface area contributed by atoms with Gasteiger partial charge in [-0.2, -0.15) is 28.6 Å². The second kappa shape index (κ2) is 8.42. The Bertz CT molecular complexity index is 1470. The Kier molecular flexibility index (Phi) is 5.49. The smallest absolute Gasteiger partial charge is 0.437 e. The van der Waals surface area contributed by atoms with Gasteiger partial charge in [0.15, 0.2) is 5.69 Å². The van der Waals surface area contributed by atoms with Gasteiger partial charge in [-0.05, 0) is 18.2 Å². The molecule has 0 unspecified atom stereocenters. The van der Waals surface area contributed by atoms with Gasteiger partial charge >= 0.3 is 6.18 Å². The van der Waals surface area contributed by atoms with Crippen molar-refractivity contribution in [2.24, 2.45) is 0 Å². The van der Waals surface area contributed by atoms with E-state index < -0.39 is 28.7 Å². The van der Waals surface area contributed by atoms with Gasteiger partial charge in [0, 0.05) is 11.8 Å². The molecular weight excluding hydrogens is 443 g/mol. The molecule has 0 bridgehead atoms. The lowest BCUT2D eigenvalue weighted by Gasteiger charge is -2.15. The van der Waals surface area contributed by atoms with Crippen molar-refractivity contribution in [3.63, 3.8) is 0 Å². The van der Waals surface area contributed by atoms with Gasteiger partial charge in [-0.1, -0.05) is 12.1 Å². The molecule has 13 heteroatoms. The molecule has 0 fully saturated rings. The number of nitrogens with one attached hydrogen (secondary N) is 2. The van der Waals surface area contributed by atoms with Gasteiger partial charge in [0.2, 0.25) is 5.75 Å². The Morgan fingerprint density at radius 3 is 2.70 bits per heavy atom. The summed E-state index contributed by atoms with van der Waals surface area (Å²) in [6.07, 6.45) is -1.41. The van der Waals surface area contributed by atoms with Crippen LogP contribution in [-0.2, 0) is 12.7 Å². The zero-order valence-electron chi connectivity index (χ0n) is 16.4. The van der Waals surface area contributed by atoms with E-state index in [1.165, 1.54) is 42.7 Å². The quantitative estimate of drug-likeness (QED) is 0.471. The molecular formula is C20H12F3N7O3. The number of ether oxygens (including phenoxy) is 1. The van der Waals surface area contributed by atoms with Gasteiger partial charge in [-0.25, -0.2) is 10.1 Å². The first-order valence-electron chi connectivity index (χ1n) is 9.19. The topological polar surface area (TPSA) is 142 Å². The highest BCUT2D eigenvalue weighted by atomic mass is 19.4. The maximum Gasteiger partial charge on any atom is 0.437 e. The Morgan fingerprint density at radius 2 is 2.00 bits per heavy atom. The fourth-order valence-electron chi connectivity index (χ4n) is 2.95. The Hall–Kier alpha value is -4.73. The van der Waals surface area contributed by atoms with Gasteiger partial charge in [-0.15, -0.1) is 0 Å². The SMILES string of the molecule is N#Cc1ccccc1Oc1c(C(F)(F)F)ncn(Cc2cc(-c3cn[nH]c3)c(=O)[nH]n2)c1=O. The van der Waals surface area contributed by atoms with Crippen LogP contribution in [0, 0.1) is 11.3 Å². The van der Waals surface area contributed by atoms with Crippen molar-refractivity contribution in [3.05, 3.63) is 86.7 Å². The summed E-state index contributed by atoms with van der Waals surface area (Å²) in [6, 6.07) is 8.69. The number of nitrogens with zero attached hydrogens (tertiary/aromatic N) is 5. The van der Waals surface area contributed by atoms with E-state index in [1.807, 2.05) is 0 Å². The molecule has 3 aromatic heterocycles. The van der Waals surface area contributed by atoms with E-state index in [2.05, 4.69) is 25.4 Å². The molecule has 1 aromatic carbocycles. The van der Waals surface area contributed by atoms with Crippen molar-refractivity contribution in [2.75, 3.05) is 0 Å². The largest absolute Gasteiger partial charge is 0.448 e. The molecule has 33 heavy (non-hydrogen) atoms. The van der Waals surface area contributed by atoms with Gasteiger partial charge in [-0.3, -0.25) is 19.3 Å². The number of benzene rings is 1. The maximum absolute atomic E-state index is 13.5. The van der Waals surface area contributed by atoms with E-state index in [0.717, 1.165) is 4.57 Å². The number of para-hydroxylation sites is 1. The molecule has 0 radical (unpaired) electrons. The molecule has 2 N–H and O–H groups in total. The third-order valence-corrected chi connectivity index (χ3v) is 4.48. The molecule has 0 spiro atoms. The van der Waals surface area contributed by atoms with Gasteiger partial charge in [0.25, 0.3) is 11.1 Å². The van der Waals surface area contributed by atoms with Crippen LogP contribution in [0.25, 0.3) is 11.1 Å². The number of nitriles is 1. The number of hydrogen-bond acceptors (Lipinski definition) is 7. The number of halogens is 3. The molecule has 0 aliphatic rings. The van der Waals surface area contributed by atoms with Crippen LogP contribution in [0.2, 0.25) is 0 Å². The average Bonchev–Trinajstić information content (AvgIpc) is 3.32. The van der Waals surface area contributed by atoms with Crippen LogP contribution in [0.5, 0.6) is 11.5 Å². The van der Waals surface area contributed by atoms with Crippen molar-refractivity contribution in [2.45, 2.75) is 12.7 Å². The molecule has 166 valence electrons. The Balaban J connectivity index is 1.78. The summed E-state index contributed by atoms with van der Waals surface area (Å²) < 4.78 is 46.6. The molecule has 0 atom stereocenters. The number of H-pyrrole nitrogens is 2. The minimum absolute atomic E-state index is 0.0625. The number of rotatable bonds is 5. The minimum atomic E-state index is -4.99. The highest BCUT2D eigenvalue weighted by Crippen LogP contribution is 2.35. The summed E-state index contributed by atoms with van der Waals surface area (Å²) in [5, 5.41) is 21.6. The highest BCUT2D eigenvalue weighted by Gasteiger charge is 2.39. The van der Waals surface area contributed by atoms with Crippen LogP contribution in [0.15, 0.2) is 58.6 Å². The van der Waals surface area contributed by atoms with E-state index in [1.54, 1.807) is 6.07 Å². The highest BCUT2D eigenvalue weighted by molar-refractivity contribution is 5.60. The molecule has 0 amide bonds. The zero-order chi connectivity index (χ0) is 23.6. The fraction of sp³-hybridized carbons (Fsp3) is 0.100. The van der Waals surface area contributed by atoms with Crippen LogP contribution < -0.4 is 15.9 Å². The monoisotopic (exact) mass is 455 g/mol. The first-order valence-corrected chi connectivity index (χ1v) is 9.19. The third kappa shape index (κ3) is 4.35. The fourth-order valence-corrected chi connectivity index (χ4v) is 2.95. The van der Waals surface area contributed by atoms with Crippen molar-refractivity contribution >= 4 is 0 Å². The second-order valence-electron chi connectivity index (χ2n) is 6.65. The van der Waals surface area contributed by atoms with Gasteiger partial charge in [0.05, 0.1) is 35.9 Å². The van der Waals surface area contributed by atoms with Crippen LogP contribution in [0.4, 0.5) is 13.2 Å². The van der Waals surface area contributed by atoms with Crippen molar-refractivity contribution in [3.8, 4) is 28.7 Å². The molecule has 3 heterocycles. The first-order chi connectivity index (χ1) is 15.8. The molecule has 4 rings (SSSR count). The number of alkyl halides is 3. The van der Waals surface area contributed by atoms with E-state index in [9.17, 15) is 28.0 Å². The van der Waals surface area contributed by atoms with E-state index in [-0.39, 0.29) is 29.1 Å². The molecule has 0 saturated heterocycles. The summed E-state index contributed by atoms with van der Waals surface area (Å²) in [5.41, 5.74) is -2.45. The van der Waals surface area contributed by atoms with Crippen LogP contribution in [0.1, 0.15) is 17.0 Å². The minimum Gasteiger partial charge on any atom is -0.448 e. The molecule has 0 aliphatic heterocycles. The summed E-state index contributed by atoms with van der Waals surface area (Å²) in [7, 11) is 0. The van der Waals surface area contributed by atoms with Crippen LogP contribution >= 0.6 is 0 Å². The van der Waals surface area contributed by atoms with E-state index in [4.69, 9.17) is 4.74 Å². The van der Waals surface area contributed by atoms with Crippen LogP contribution in [0.3, 0.4) is 0 Å². The Morgan fingerprint density at radius 1 is 1.21 bits per heavy atom. The van der Waals surface area contributed by atoms with E-state index in [0.29, 0.717) is 11.9 Å². The number of aromatic amines is 2. The molecule has 4 aromatic rings. The Labute approximate surface area is 181 Å². The van der Waals surface area contributed by atoms with Crippen molar-refractivity contribution in [1.29, 1.82) is 5.26 Å². The average molecular weight is 455 g/mol. The maximum atomic E-state index is 13.5. The zero-order valence-corrected chi connectivity index (χ0v) is 16.4. The van der Waals surface area contributed by atoms with E-state index >= 15 is 0 Å². The molecule has 0 aliphatic carbocycles. The summed E-state index contributed by atoms with van der Waals surface area (Å²) in [6.45, 7) is -0.318. The lowest BCUT2D eigenvalue weighted by Crippen LogP contribution is -2.27. The second-order valence-corrected chi connectivity index (χ2v) is 6.65. The predicted molar refractivity (Wildman–Crippen MR) is 106 cm³/mol. The number of aromatic nitrogens is 6. The lowest BCUT2D eigenvalue weighted by atomic mass is 10.1. The standard InChI is InChI=1S/C20H12F3N7O3/c21-20(22,23)17-16(33-15-4-2-1-3-11(15)6-24)19(32)30(10-25-17)9-13-5-14(18(31)29-28-13)12-7-26-27-8-12/h1-5,7-8,10H,9H2,(H,26,27)(H,29,31). The third-order valence-electron chi connectivity index (χ3n) is 4.48. The van der Waals surface area contributed by atoms with Crippen molar-refractivity contribution < 1.29 is 17.9 Å². The normalized spacial score (nSPS) is 11.2. The summed E-state index contributed by atoms with van der Waals surface area (Å²) >= 11 is 0. The predicted octanol–water partition coefficient (Wildman–Crippen LogP) is 2.45. The summed E-state index contributed by atoms with van der Waals surface area (Å²) in [5.74, 6) is -1.32.